The van der Waals surface area contributed by atoms with Gasteiger partial charge < -0.3 is 16.0 Å². The van der Waals surface area contributed by atoms with Gasteiger partial charge in [-0.25, -0.2) is 0 Å². The normalized spacial score (nSPS) is 10.8. The molecule has 9 heteroatoms. The smallest absolute Gasteiger partial charge is 0.350 e. The van der Waals surface area contributed by atoms with Crippen molar-refractivity contribution in [2.75, 3.05) is 11.9 Å². The van der Waals surface area contributed by atoms with E-state index in [9.17, 15) is 27.6 Å². The average Bonchev–Trinajstić information content (AvgIpc) is 2.65. The number of anilines is 1. The molecule has 0 aromatic heterocycles. The Morgan fingerprint density at radius 2 is 1.48 bits per heavy atom. The zero-order valence-electron chi connectivity index (χ0n) is 14.0. The first kappa shape index (κ1) is 20.0. The lowest BCUT2D eigenvalue weighted by Crippen LogP contribution is -2.37. The Kier molecular flexibility index (Phi) is 6.53. The third-order valence-electron chi connectivity index (χ3n) is 3.44. The number of hydrogen-bond acceptors (Lipinski definition) is 3. The van der Waals surface area contributed by atoms with Crippen LogP contribution >= 0.6 is 0 Å². The van der Waals surface area contributed by atoms with E-state index < -0.39 is 23.9 Å². The Bertz CT molecular complexity index is 823. The lowest BCUT2D eigenvalue weighted by atomic mass is 10.1. The maximum absolute atomic E-state index is 12.4. The molecule has 0 radical (unpaired) electrons. The predicted octanol–water partition coefficient (Wildman–Crippen LogP) is 2.23. The Morgan fingerprint density at radius 3 is 2.15 bits per heavy atom. The third kappa shape index (κ3) is 6.14. The lowest BCUT2D eigenvalue weighted by Gasteiger charge is -2.13. The molecule has 0 atom stereocenters. The number of nitrogens with one attached hydrogen (secondary N) is 3. The van der Waals surface area contributed by atoms with Crippen LogP contribution in [0.3, 0.4) is 0 Å². The molecule has 0 unspecified atom stereocenters. The second-order valence-electron chi connectivity index (χ2n) is 5.43. The molecule has 0 spiro atoms. The highest BCUT2D eigenvalue weighted by molar-refractivity contribution is 5.97. The van der Waals surface area contributed by atoms with Gasteiger partial charge in [-0.15, -0.1) is 0 Å². The topological polar surface area (TPSA) is 87.3 Å². The highest BCUT2D eigenvalue weighted by atomic mass is 19.4. The van der Waals surface area contributed by atoms with Crippen LogP contribution in [-0.2, 0) is 16.1 Å². The standard InChI is InChI=1S/C18H16F3N3O3/c19-18(20,21)17(27)24-14-9-5-4-8-13(14)10-22-15(25)11-23-16(26)12-6-2-1-3-7-12/h1-9H,10-11H2,(H,22,25)(H,23,26)(H,24,27). The second kappa shape index (κ2) is 8.84. The summed E-state index contributed by atoms with van der Waals surface area (Å²) in [5.41, 5.74) is 0.622. The maximum atomic E-state index is 12.4. The van der Waals surface area contributed by atoms with Crippen molar-refractivity contribution in [1.82, 2.24) is 10.6 Å². The molecule has 142 valence electrons. The van der Waals surface area contributed by atoms with E-state index >= 15 is 0 Å². The van der Waals surface area contributed by atoms with Gasteiger partial charge in [0.05, 0.1) is 6.54 Å². The van der Waals surface area contributed by atoms with Crippen LogP contribution in [0.25, 0.3) is 0 Å². The fourth-order valence-corrected chi connectivity index (χ4v) is 2.10. The molecule has 3 amide bonds. The minimum Gasteiger partial charge on any atom is -0.350 e. The van der Waals surface area contributed by atoms with Crippen LogP contribution in [-0.4, -0.2) is 30.4 Å². The zero-order valence-corrected chi connectivity index (χ0v) is 14.0. The molecule has 0 heterocycles. The van der Waals surface area contributed by atoms with Crippen molar-refractivity contribution in [3.63, 3.8) is 0 Å². The average molecular weight is 379 g/mol. The fraction of sp³-hybridized carbons (Fsp3) is 0.167. The molecule has 0 bridgehead atoms. The minimum atomic E-state index is -5.02. The molecule has 0 saturated carbocycles. The number of carbonyl (C=O) groups excluding carboxylic acids is 3. The van der Waals surface area contributed by atoms with Gasteiger partial charge in [-0.3, -0.25) is 14.4 Å². The van der Waals surface area contributed by atoms with Crippen LogP contribution < -0.4 is 16.0 Å². The van der Waals surface area contributed by atoms with E-state index in [4.69, 9.17) is 0 Å². The van der Waals surface area contributed by atoms with E-state index in [1.54, 1.807) is 41.7 Å². The minimum absolute atomic E-state index is 0.0616. The molecule has 0 saturated heterocycles. The van der Waals surface area contributed by atoms with E-state index in [1.165, 1.54) is 18.2 Å². The van der Waals surface area contributed by atoms with Crippen LogP contribution in [0.15, 0.2) is 54.6 Å². The SMILES string of the molecule is O=C(CNC(=O)c1ccccc1)NCc1ccccc1NC(=O)C(F)(F)F. The van der Waals surface area contributed by atoms with Gasteiger partial charge in [0.2, 0.25) is 5.91 Å². The van der Waals surface area contributed by atoms with Crippen LogP contribution in [0.2, 0.25) is 0 Å². The van der Waals surface area contributed by atoms with Crippen LogP contribution in [0, 0.1) is 0 Å². The summed E-state index contributed by atoms with van der Waals surface area (Å²) in [6.45, 7) is -0.418. The summed E-state index contributed by atoms with van der Waals surface area (Å²) in [6.07, 6.45) is -5.02. The zero-order chi connectivity index (χ0) is 19.9. The van der Waals surface area contributed by atoms with Gasteiger partial charge >= 0.3 is 12.1 Å². The second-order valence-corrected chi connectivity index (χ2v) is 5.43. The molecular formula is C18H16F3N3O3. The summed E-state index contributed by atoms with van der Waals surface area (Å²) in [5, 5.41) is 6.67. The number of alkyl halides is 3. The van der Waals surface area contributed by atoms with E-state index in [2.05, 4.69) is 10.6 Å². The quantitative estimate of drug-likeness (QED) is 0.719. The number of halogens is 3. The Hall–Kier alpha value is -3.36. The number of amides is 3. The monoisotopic (exact) mass is 379 g/mol. The van der Waals surface area contributed by atoms with E-state index in [0.29, 0.717) is 5.56 Å². The van der Waals surface area contributed by atoms with Crippen molar-refractivity contribution in [1.29, 1.82) is 0 Å². The lowest BCUT2D eigenvalue weighted by molar-refractivity contribution is -0.167. The van der Waals surface area contributed by atoms with E-state index in [0.717, 1.165) is 0 Å². The van der Waals surface area contributed by atoms with E-state index in [-0.39, 0.29) is 24.3 Å². The highest BCUT2D eigenvalue weighted by Gasteiger charge is 2.38. The van der Waals surface area contributed by atoms with Crippen LogP contribution in [0.5, 0.6) is 0 Å². The molecule has 0 aliphatic rings. The van der Waals surface area contributed by atoms with Crippen LogP contribution in [0.4, 0.5) is 18.9 Å². The summed E-state index contributed by atoms with van der Waals surface area (Å²) >= 11 is 0. The predicted molar refractivity (Wildman–Crippen MR) is 91.7 cm³/mol. The van der Waals surface area contributed by atoms with Gasteiger partial charge in [-0.05, 0) is 23.8 Å². The maximum Gasteiger partial charge on any atom is 0.471 e. The molecule has 2 aromatic rings. The fourth-order valence-electron chi connectivity index (χ4n) is 2.10. The van der Waals surface area contributed by atoms with Crippen molar-refractivity contribution >= 4 is 23.4 Å². The first-order chi connectivity index (χ1) is 12.8. The molecule has 6 nitrogen and oxygen atoms in total. The molecular weight excluding hydrogens is 363 g/mol. The van der Waals surface area contributed by atoms with Crippen molar-refractivity contribution in [2.45, 2.75) is 12.7 Å². The molecule has 3 N–H and O–H groups in total. The van der Waals surface area contributed by atoms with Crippen LogP contribution in [0.1, 0.15) is 15.9 Å². The number of carbonyl (C=O) groups is 3. The summed E-state index contributed by atoms with van der Waals surface area (Å²) in [6, 6.07) is 14.1. The summed E-state index contributed by atoms with van der Waals surface area (Å²) in [7, 11) is 0. The summed E-state index contributed by atoms with van der Waals surface area (Å²) in [4.78, 5) is 34.8. The van der Waals surface area contributed by atoms with Gasteiger partial charge in [-0.1, -0.05) is 36.4 Å². The Balaban J connectivity index is 1.88. The number of para-hydroxylation sites is 1. The largest absolute Gasteiger partial charge is 0.471 e. The van der Waals surface area contributed by atoms with Gasteiger partial charge in [0.1, 0.15) is 0 Å². The van der Waals surface area contributed by atoms with Gasteiger partial charge in [0, 0.05) is 17.8 Å². The molecule has 2 rings (SSSR count). The molecule has 0 aliphatic carbocycles. The molecule has 0 aliphatic heterocycles. The molecule has 27 heavy (non-hydrogen) atoms. The first-order valence-corrected chi connectivity index (χ1v) is 7.83. The number of rotatable bonds is 6. The van der Waals surface area contributed by atoms with Gasteiger partial charge in [0.15, 0.2) is 0 Å². The molecule has 2 aromatic carbocycles. The first-order valence-electron chi connectivity index (χ1n) is 7.83. The number of hydrogen-bond donors (Lipinski definition) is 3. The van der Waals surface area contributed by atoms with Crippen molar-refractivity contribution < 1.29 is 27.6 Å². The third-order valence-corrected chi connectivity index (χ3v) is 3.44. The van der Waals surface area contributed by atoms with Gasteiger partial charge in [0.25, 0.3) is 5.91 Å². The number of benzene rings is 2. The summed E-state index contributed by atoms with van der Waals surface area (Å²) in [5.74, 6) is -3.06. The van der Waals surface area contributed by atoms with Crippen molar-refractivity contribution in [3.05, 3.63) is 65.7 Å². The van der Waals surface area contributed by atoms with E-state index in [1.807, 2.05) is 0 Å². The summed E-state index contributed by atoms with van der Waals surface area (Å²) < 4.78 is 37.1. The van der Waals surface area contributed by atoms with Gasteiger partial charge in [-0.2, -0.15) is 13.2 Å². The Morgan fingerprint density at radius 1 is 0.852 bits per heavy atom. The van der Waals surface area contributed by atoms with Crippen molar-refractivity contribution in [3.8, 4) is 0 Å². The van der Waals surface area contributed by atoms with Crippen molar-refractivity contribution in [2.24, 2.45) is 0 Å². The highest BCUT2D eigenvalue weighted by Crippen LogP contribution is 2.20. The Labute approximate surface area is 152 Å². The molecule has 0 fully saturated rings.